The van der Waals surface area contributed by atoms with Gasteiger partial charge >= 0.3 is 0 Å². The third-order valence-corrected chi connectivity index (χ3v) is 5.10. The summed E-state index contributed by atoms with van der Waals surface area (Å²) in [6.45, 7) is 19.4. The monoisotopic (exact) mass is 241 g/mol. The Labute approximate surface area is 109 Å². The maximum absolute atomic E-state index is 2.80. The largest absolute Gasteiger partial charge is 0.310 e. The summed E-state index contributed by atoms with van der Waals surface area (Å²) in [5.41, 5.74) is 0.365. The van der Waals surface area contributed by atoms with Crippen molar-refractivity contribution in [3.8, 4) is 0 Å². The first-order valence-electron chi connectivity index (χ1n) is 7.56. The molecule has 0 bridgehead atoms. The fraction of sp³-hybridized carbons (Fsp3) is 1.00. The molecule has 0 aromatic rings. The molecule has 0 aromatic carbocycles. The highest BCUT2D eigenvalue weighted by atomic mass is 15.5. The summed E-state index contributed by atoms with van der Waals surface area (Å²) < 4.78 is 1.30. The molecule has 1 atom stereocenters. The fourth-order valence-corrected chi connectivity index (χ4v) is 3.19. The first kappa shape index (κ1) is 15.0. The molecular formula is C15H33N2+. The SMILES string of the molecule is CCCC1C[N+](CC)(CC)CN1C(C)(C)CC. The molecule has 102 valence electrons. The highest BCUT2D eigenvalue weighted by Gasteiger charge is 2.46. The Bertz CT molecular complexity index is 231. The van der Waals surface area contributed by atoms with Gasteiger partial charge in [-0.3, -0.25) is 0 Å². The zero-order chi connectivity index (χ0) is 13.1. The van der Waals surface area contributed by atoms with E-state index in [-0.39, 0.29) is 0 Å². The summed E-state index contributed by atoms with van der Waals surface area (Å²) in [5, 5.41) is 0. The highest BCUT2D eigenvalue weighted by Crippen LogP contribution is 2.32. The van der Waals surface area contributed by atoms with Gasteiger partial charge in [0.15, 0.2) is 0 Å². The van der Waals surface area contributed by atoms with Gasteiger partial charge in [-0.05, 0) is 40.5 Å². The molecule has 1 aliphatic rings. The average molecular weight is 241 g/mol. The predicted molar refractivity (Wildman–Crippen MR) is 76.0 cm³/mol. The van der Waals surface area contributed by atoms with Gasteiger partial charge in [0.2, 0.25) is 0 Å². The summed E-state index contributed by atoms with van der Waals surface area (Å²) >= 11 is 0. The van der Waals surface area contributed by atoms with Gasteiger partial charge in [-0.25, -0.2) is 4.90 Å². The van der Waals surface area contributed by atoms with E-state index in [1.165, 1.54) is 50.0 Å². The van der Waals surface area contributed by atoms with E-state index in [0.29, 0.717) is 5.54 Å². The Morgan fingerprint density at radius 3 is 2.12 bits per heavy atom. The Morgan fingerprint density at radius 1 is 1.12 bits per heavy atom. The van der Waals surface area contributed by atoms with Crippen LogP contribution < -0.4 is 0 Å². The van der Waals surface area contributed by atoms with E-state index in [0.717, 1.165) is 6.04 Å². The van der Waals surface area contributed by atoms with Gasteiger partial charge in [-0.15, -0.1) is 0 Å². The van der Waals surface area contributed by atoms with Crippen molar-refractivity contribution >= 4 is 0 Å². The van der Waals surface area contributed by atoms with Gasteiger partial charge < -0.3 is 4.48 Å². The Kier molecular flexibility index (Phi) is 5.03. The van der Waals surface area contributed by atoms with Crippen LogP contribution in [0.1, 0.15) is 60.8 Å². The Morgan fingerprint density at radius 2 is 1.71 bits per heavy atom. The van der Waals surface area contributed by atoms with Crippen molar-refractivity contribution in [2.75, 3.05) is 26.3 Å². The molecule has 2 heteroatoms. The van der Waals surface area contributed by atoms with Crippen LogP contribution in [0.5, 0.6) is 0 Å². The Balaban J connectivity index is 2.87. The molecule has 1 unspecified atom stereocenters. The predicted octanol–water partition coefficient (Wildman–Crippen LogP) is 3.47. The number of hydrogen-bond acceptors (Lipinski definition) is 1. The van der Waals surface area contributed by atoms with E-state index in [1.54, 1.807) is 0 Å². The van der Waals surface area contributed by atoms with E-state index in [9.17, 15) is 0 Å². The zero-order valence-electron chi connectivity index (χ0n) is 12.9. The van der Waals surface area contributed by atoms with E-state index in [2.05, 4.69) is 46.4 Å². The topological polar surface area (TPSA) is 3.24 Å². The van der Waals surface area contributed by atoms with Crippen LogP contribution in [0.25, 0.3) is 0 Å². The Hall–Kier alpha value is -0.0800. The molecule has 0 spiro atoms. The molecule has 0 amide bonds. The standard InChI is InChI=1S/C15H33N2/c1-7-11-14-12-17(9-3,10-4)13-16(14)15(5,6)8-2/h14H,7-13H2,1-6H3/q+1. The van der Waals surface area contributed by atoms with Gasteiger partial charge in [0.25, 0.3) is 0 Å². The number of hydrogen-bond donors (Lipinski definition) is 0. The van der Waals surface area contributed by atoms with Crippen molar-refractivity contribution in [1.82, 2.24) is 4.90 Å². The van der Waals surface area contributed by atoms with Crippen molar-refractivity contribution in [1.29, 1.82) is 0 Å². The van der Waals surface area contributed by atoms with Crippen LogP contribution >= 0.6 is 0 Å². The van der Waals surface area contributed by atoms with Gasteiger partial charge in [0.05, 0.1) is 25.7 Å². The van der Waals surface area contributed by atoms with E-state index < -0.39 is 0 Å². The van der Waals surface area contributed by atoms with Gasteiger partial charge in [0.1, 0.15) is 6.67 Å². The number of quaternary nitrogens is 1. The molecule has 1 saturated heterocycles. The van der Waals surface area contributed by atoms with Crippen molar-refractivity contribution in [3.63, 3.8) is 0 Å². The van der Waals surface area contributed by atoms with E-state index >= 15 is 0 Å². The maximum atomic E-state index is 2.80. The molecule has 0 aromatic heterocycles. The second-order valence-electron chi connectivity index (χ2n) is 6.38. The summed E-state index contributed by atoms with van der Waals surface area (Å²) in [6.07, 6.45) is 3.93. The van der Waals surface area contributed by atoms with Crippen LogP contribution in [0.2, 0.25) is 0 Å². The zero-order valence-corrected chi connectivity index (χ0v) is 12.9. The van der Waals surface area contributed by atoms with Crippen molar-refractivity contribution in [2.24, 2.45) is 0 Å². The van der Waals surface area contributed by atoms with Crippen LogP contribution in [-0.4, -0.2) is 47.3 Å². The lowest BCUT2D eigenvalue weighted by Gasteiger charge is -2.38. The number of likely N-dealkylation sites (N-methyl/N-ethyl adjacent to an activating group) is 1. The molecule has 0 N–H and O–H groups in total. The molecule has 0 aliphatic carbocycles. The lowest BCUT2D eigenvalue weighted by atomic mass is 9.97. The van der Waals surface area contributed by atoms with Crippen molar-refractivity contribution < 1.29 is 4.48 Å². The molecule has 1 rings (SSSR count). The quantitative estimate of drug-likeness (QED) is 0.644. The number of rotatable bonds is 6. The molecule has 0 radical (unpaired) electrons. The van der Waals surface area contributed by atoms with Crippen LogP contribution in [0.15, 0.2) is 0 Å². The smallest absolute Gasteiger partial charge is 0.135 e. The first-order valence-corrected chi connectivity index (χ1v) is 7.56. The second-order valence-corrected chi connectivity index (χ2v) is 6.38. The van der Waals surface area contributed by atoms with E-state index in [4.69, 9.17) is 0 Å². The minimum absolute atomic E-state index is 0.365. The third kappa shape index (κ3) is 3.03. The van der Waals surface area contributed by atoms with Crippen LogP contribution in [0, 0.1) is 0 Å². The molecule has 1 heterocycles. The summed E-state index contributed by atoms with van der Waals surface area (Å²) in [7, 11) is 0. The highest BCUT2D eigenvalue weighted by molar-refractivity contribution is 4.87. The minimum atomic E-state index is 0.365. The molecule has 1 fully saturated rings. The molecule has 1 aliphatic heterocycles. The lowest BCUT2D eigenvalue weighted by molar-refractivity contribution is -0.918. The van der Waals surface area contributed by atoms with Gasteiger partial charge in [-0.2, -0.15) is 0 Å². The second kappa shape index (κ2) is 5.71. The van der Waals surface area contributed by atoms with Crippen LogP contribution in [-0.2, 0) is 0 Å². The van der Waals surface area contributed by atoms with Gasteiger partial charge in [0, 0.05) is 5.54 Å². The minimum Gasteiger partial charge on any atom is -0.310 e. The fourth-order valence-electron chi connectivity index (χ4n) is 3.19. The molecule has 2 nitrogen and oxygen atoms in total. The average Bonchev–Trinajstić information content (AvgIpc) is 2.70. The van der Waals surface area contributed by atoms with Crippen molar-refractivity contribution in [3.05, 3.63) is 0 Å². The maximum Gasteiger partial charge on any atom is 0.135 e. The van der Waals surface area contributed by atoms with Crippen molar-refractivity contribution in [2.45, 2.75) is 72.4 Å². The molecular weight excluding hydrogens is 208 g/mol. The number of nitrogens with zero attached hydrogens (tertiary/aromatic N) is 2. The van der Waals surface area contributed by atoms with Gasteiger partial charge in [-0.1, -0.05) is 20.3 Å². The summed E-state index contributed by atoms with van der Waals surface area (Å²) in [5.74, 6) is 0. The summed E-state index contributed by atoms with van der Waals surface area (Å²) in [4.78, 5) is 2.80. The van der Waals surface area contributed by atoms with Crippen LogP contribution in [0.4, 0.5) is 0 Å². The summed E-state index contributed by atoms with van der Waals surface area (Å²) in [6, 6.07) is 0.801. The first-order chi connectivity index (χ1) is 7.94. The molecule has 0 saturated carbocycles. The lowest BCUT2D eigenvalue weighted by Crippen LogP contribution is -2.50. The van der Waals surface area contributed by atoms with E-state index in [1.807, 2.05) is 0 Å². The third-order valence-electron chi connectivity index (χ3n) is 5.10. The normalized spacial score (nSPS) is 25.4. The van der Waals surface area contributed by atoms with Crippen LogP contribution in [0.3, 0.4) is 0 Å². The molecule has 17 heavy (non-hydrogen) atoms.